The number of nitrogens with zero attached hydrogens (tertiary/aromatic N) is 2. The van der Waals surface area contributed by atoms with E-state index in [1.165, 1.54) is 6.07 Å². The molecule has 0 aliphatic carbocycles. The van der Waals surface area contributed by atoms with Crippen LogP contribution in [0.15, 0.2) is 6.07 Å². The smallest absolute Gasteiger partial charge is 0.157 e. The second-order valence-electron chi connectivity index (χ2n) is 2.09. The maximum atomic E-state index is 9.12. The number of aliphatic hydroxyl groups is 1. The molecule has 0 bridgehead atoms. The fourth-order valence-electron chi connectivity index (χ4n) is 0.659. The number of hydrogen-bond donors (Lipinski definition) is 1. The van der Waals surface area contributed by atoms with Crippen molar-refractivity contribution in [3.05, 3.63) is 21.9 Å². The van der Waals surface area contributed by atoms with Crippen molar-refractivity contribution >= 4 is 23.2 Å². The van der Waals surface area contributed by atoms with Gasteiger partial charge in [0, 0.05) is 5.56 Å². The molecule has 5 heteroatoms. The van der Waals surface area contributed by atoms with E-state index in [0.717, 1.165) is 0 Å². The van der Waals surface area contributed by atoms with Gasteiger partial charge in [-0.1, -0.05) is 23.2 Å². The molecule has 0 saturated heterocycles. The lowest BCUT2D eigenvalue weighted by Crippen LogP contribution is -1.96. The highest BCUT2D eigenvalue weighted by atomic mass is 35.5. The van der Waals surface area contributed by atoms with Crippen LogP contribution in [0.5, 0.6) is 0 Å². The van der Waals surface area contributed by atoms with E-state index >= 15 is 0 Å². The molecule has 11 heavy (non-hydrogen) atoms. The maximum absolute atomic E-state index is 9.12. The minimum atomic E-state index is -0.671. The van der Waals surface area contributed by atoms with Gasteiger partial charge in [0.1, 0.15) is 0 Å². The molecule has 1 aromatic heterocycles. The average molecular weight is 193 g/mol. The Morgan fingerprint density at radius 2 is 2.09 bits per heavy atom. The van der Waals surface area contributed by atoms with Crippen LogP contribution < -0.4 is 0 Å². The summed E-state index contributed by atoms with van der Waals surface area (Å²) in [7, 11) is 0. The van der Waals surface area contributed by atoms with Crippen molar-refractivity contribution in [2.24, 2.45) is 0 Å². The van der Waals surface area contributed by atoms with Gasteiger partial charge in [0.15, 0.2) is 10.3 Å². The second-order valence-corrected chi connectivity index (χ2v) is 2.83. The van der Waals surface area contributed by atoms with Gasteiger partial charge in [-0.05, 0) is 13.0 Å². The highest BCUT2D eigenvalue weighted by Crippen LogP contribution is 2.21. The molecular formula is C6H6Cl2N2O. The molecule has 0 amide bonds. The molecule has 0 radical (unpaired) electrons. The topological polar surface area (TPSA) is 46.0 Å². The first-order valence-electron chi connectivity index (χ1n) is 2.98. The predicted octanol–water partition coefficient (Wildman–Crippen LogP) is 1.84. The molecule has 0 spiro atoms. The fourth-order valence-corrected chi connectivity index (χ4v) is 1.06. The third-order valence-electron chi connectivity index (χ3n) is 1.20. The standard InChI is InChI=1S/C6H6Cl2N2O/c1-3(11)4-2-5(7)9-10-6(4)8/h2-3,11H,1H3/t3-/m1/s1. The SMILES string of the molecule is C[C@@H](O)c1cc(Cl)nnc1Cl. The molecule has 1 heterocycles. The molecule has 1 aromatic rings. The van der Waals surface area contributed by atoms with E-state index in [9.17, 15) is 0 Å². The van der Waals surface area contributed by atoms with E-state index in [1.807, 2.05) is 0 Å². The van der Waals surface area contributed by atoms with Gasteiger partial charge in [-0.15, -0.1) is 10.2 Å². The van der Waals surface area contributed by atoms with Gasteiger partial charge >= 0.3 is 0 Å². The zero-order valence-corrected chi connectivity index (χ0v) is 7.26. The summed E-state index contributed by atoms with van der Waals surface area (Å²) in [4.78, 5) is 0. The first kappa shape index (κ1) is 8.71. The van der Waals surface area contributed by atoms with E-state index in [-0.39, 0.29) is 10.3 Å². The van der Waals surface area contributed by atoms with Gasteiger partial charge in [-0.3, -0.25) is 0 Å². The van der Waals surface area contributed by atoms with Crippen LogP contribution in [-0.4, -0.2) is 15.3 Å². The van der Waals surface area contributed by atoms with Crippen LogP contribution in [0, 0.1) is 0 Å². The summed E-state index contributed by atoms with van der Waals surface area (Å²) in [5.41, 5.74) is 0.492. The summed E-state index contributed by atoms with van der Waals surface area (Å²) >= 11 is 11.1. The molecule has 0 aliphatic heterocycles. The fraction of sp³-hybridized carbons (Fsp3) is 0.333. The van der Waals surface area contributed by atoms with E-state index < -0.39 is 6.10 Å². The van der Waals surface area contributed by atoms with Crippen molar-refractivity contribution in [2.45, 2.75) is 13.0 Å². The van der Waals surface area contributed by atoms with Crippen molar-refractivity contribution in [3.8, 4) is 0 Å². The van der Waals surface area contributed by atoms with Crippen LogP contribution in [-0.2, 0) is 0 Å². The molecule has 0 fully saturated rings. The first-order valence-corrected chi connectivity index (χ1v) is 3.73. The van der Waals surface area contributed by atoms with Crippen LogP contribution in [0.1, 0.15) is 18.6 Å². The van der Waals surface area contributed by atoms with Crippen molar-refractivity contribution in [2.75, 3.05) is 0 Å². The van der Waals surface area contributed by atoms with Crippen molar-refractivity contribution in [1.29, 1.82) is 0 Å². The first-order chi connectivity index (χ1) is 5.11. The van der Waals surface area contributed by atoms with Crippen LogP contribution >= 0.6 is 23.2 Å². The average Bonchev–Trinajstić information content (AvgIpc) is 1.94. The molecule has 0 unspecified atom stereocenters. The van der Waals surface area contributed by atoms with E-state index in [4.69, 9.17) is 28.3 Å². The van der Waals surface area contributed by atoms with Crippen molar-refractivity contribution in [1.82, 2.24) is 10.2 Å². The number of aromatic nitrogens is 2. The van der Waals surface area contributed by atoms with Crippen molar-refractivity contribution < 1.29 is 5.11 Å². The van der Waals surface area contributed by atoms with E-state index in [1.54, 1.807) is 6.92 Å². The number of hydrogen-bond acceptors (Lipinski definition) is 3. The Hall–Kier alpha value is -0.380. The number of halogens is 2. The lowest BCUT2D eigenvalue weighted by Gasteiger charge is -2.04. The maximum Gasteiger partial charge on any atom is 0.157 e. The molecule has 1 atom stereocenters. The molecule has 1 rings (SSSR count). The second kappa shape index (κ2) is 3.34. The van der Waals surface area contributed by atoms with E-state index in [0.29, 0.717) is 5.56 Å². The Bertz CT molecular complexity index is 265. The number of rotatable bonds is 1. The molecule has 0 aliphatic rings. The van der Waals surface area contributed by atoms with Gasteiger partial charge in [0.2, 0.25) is 0 Å². The monoisotopic (exact) mass is 192 g/mol. The summed E-state index contributed by atoms with van der Waals surface area (Å²) in [5.74, 6) is 0. The largest absolute Gasteiger partial charge is 0.389 e. The highest BCUT2D eigenvalue weighted by Gasteiger charge is 2.08. The Kier molecular flexibility index (Phi) is 2.65. The lowest BCUT2D eigenvalue weighted by atomic mass is 10.2. The Morgan fingerprint density at radius 1 is 1.45 bits per heavy atom. The minimum absolute atomic E-state index is 0.185. The molecule has 60 valence electrons. The normalized spacial score (nSPS) is 13.1. The van der Waals surface area contributed by atoms with Crippen LogP contribution in [0.3, 0.4) is 0 Å². The van der Waals surface area contributed by atoms with Crippen LogP contribution in [0.4, 0.5) is 0 Å². The molecular weight excluding hydrogens is 187 g/mol. The summed E-state index contributed by atoms with van der Waals surface area (Å²) in [6.45, 7) is 1.58. The van der Waals surface area contributed by atoms with Gasteiger partial charge in [-0.25, -0.2) is 0 Å². The Balaban J connectivity index is 3.13. The Labute approximate surface area is 74.0 Å². The third-order valence-corrected chi connectivity index (χ3v) is 1.67. The highest BCUT2D eigenvalue weighted by molar-refractivity contribution is 6.31. The summed E-state index contributed by atoms with van der Waals surface area (Å²) < 4.78 is 0. The van der Waals surface area contributed by atoms with Crippen LogP contribution in [0.2, 0.25) is 10.3 Å². The molecule has 1 N–H and O–H groups in total. The number of aliphatic hydroxyl groups excluding tert-OH is 1. The lowest BCUT2D eigenvalue weighted by molar-refractivity contribution is 0.199. The van der Waals surface area contributed by atoms with Gasteiger partial charge < -0.3 is 5.11 Å². The molecule has 0 aromatic carbocycles. The van der Waals surface area contributed by atoms with Crippen molar-refractivity contribution in [3.63, 3.8) is 0 Å². The van der Waals surface area contributed by atoms with E-state index in [2.05, 4.69) is 10.2 Å². The zero-order chi connectivity index (χ0) is 8.43. The van der Waals surface area contributed by atoms with Gasteiger partial charge in [-0.2, -0.15) is 0 Å². The predicted molar refractivity (Wildman–Crippen MR) is 42.7 cm³/mol. The quantitative estimate of drug-likeness (QED) is 0.739. The summed E-state index contributed by atoms with van der Waals surface area (Å²) in [6, 6.07) is 1.49. The van der Waals surface area contributed by atoms with Crippen LogP contribution in [0.25, 0.3) is 0 Å². The minimum Gasteiger partial charge on any atom is -0.389 e. The summed E-state index contributed by atoms with van der Waals surface area (Å²) in [5, 5.41) is 16.5. The summed E-state index contributed by atoms with van der Waals surface area (Å²) in [6.07, 6.45) is -0.671. The Morgan fingerprint density at radius 3 is 2.55 bits per heavy atom. The zero-order valence-electron chi connectivity index (χ0n) is 5.75. The molecule has 0 saturated carbocycles. The van der Waals surface area contributed by atoms with Gasteiger partial charge in [0.05, 0.1) is 6.10 Å². The third kappa shape index (κ3) is 2.02. The van der Waals surface area contributed by atoms with Gasteiger partial charge in [0.25, 0.3) is 0 Å². The molecule has 3 nitrogen and oxygen atoms in total.